The third-order valence-corrected chi connectivity index (χ3v) is 6.18. The Morgan fingerprint density at radius 1 is 0.909 bits per heavy atom. The number of ether oxygens (including phenoxy) is 2. The maximum atomic E-state index is 12.7. The van der Waals surface area contributed by atoms with Crippen molar-refractivity contribution >= 4 is 27.3 Å². The first-order valence-corrected chi connectivity index (χ1v) is 12.2. The van der Waals surface area contributed by atoms with Gasteiger partial charge in [-0.15, -0.1) is 0 Å². The standard InChI is InChI=1S/C25H28N2O5S/c1-4-24(32-22-8-6-7-18(3)17-22)25(28)26-19-11-15-23(16-12-19)33(29,30)27-20-9-13-21(14-10-20)31-5-2/h6-17,24,27H,4-5H2,1-3H3,(H,26,28). The summed E-state index contributed by atoms with van der Waals surface area (Å²) >= 11 is 0. The summed E-state index contributed by atoms with van der Waals surface area (Å²) in [6.45, 7) is 6.23. The van der Waals surface area contributed by atoms with Gasteiger partial charge in [-0.3, -0.25) is 9.52 Å². The Bertz CT molecular complexity index is 1180. The molecule has 3 aromatic rings. The Hall–Kier alpha value is -3.52. The van der Waals surface area contributed by atoms with Gasteiger partial charge in [0.05, 0.1) is 11.5 Å². The zero-order chi connectivity index (χ0) is 23.8. The lowest BCUT2D eigenvalue weighted by atomic mass is 10.2. The van der Waals surface area contributed by atoms with Crippen molar-refractivity contribution in [3.8, 4) is 11.5 Å². The highest BCUT2D eigenvalue weighted by atomic mass is 32.2. The number of hydrogen-bond acceptors (Lipinski definition) is 5. The predicted octanol–water partition coefficient (Wildman–Crippen LogP) is 4.99. The van der Waals surface area contributed by atoms with Crippen molar-refractivity contribution < 1.29 is 22.7 Å². The second-order valence-corrected chi connectivity index (χ2v) is 9.09. The first-order chi connectivity index (χ1) is 15.8. The van der Waals surface area contributed by atoms with E-state index in [1.54, 1.807) is 42.5 Å². The van der Waals surface area contributed by atoms with Crippen LogP contribution in [0.15, 0.2) is 77.7 Å². The average molecular weight is 469 g/mol. The third-order valence-electron chi connectivity index (χ3n) is 4.78. The molecule has 0 aromatic heterocycles. The van der Waals surface area contributed by atoms with Gasteiger partial charge in [-0.2, -0.15) is 0 Å². The fourth-order valence-electron chi connectivity index (χ4n) is 3.12. The molecule has 3 aromatic carbocycles. The van der Waals surface area contributed by atoms with Crippen LogP contribution >= 0.6 is 0 Å². The van der Waals surface area contributed by atoms with Gasteiger partial charge in [0.2, 0.25) is 0 Å². The van der Waals surface area contributed by atoms with Crippen LogP contribution < -0.4 is 19.5 Å². The topological polar surface area (TPSA) is 93.7 Å². The van der Waals surface area contributed by atoms with Crippen molar-refractivity contribution in [3.05, 3.63) is 78.4 Å². The maximum Gasteiger partial charge on any atom is 0.265 e. The van der Waals surface area contributed by atoms with Crippen molar-refractivity contribution in [3.63, 3.8) is 0 Å². The molecule has 0 saturated heterocycles. The molecule has 0 spiro atoms. The molecule has 0 bridgehead atoms. The number of carbonyl (C=O) groups excluding carboxylic acids is 1. The van der Waals surface area contributed by atoms with E-state index < -0.39 is 16.1 Å². The molecule has 33 heavy (non-hydrogen) atoms. The van der Waals surface area contributed by atoms with Crippen molar-refractivity contribution in [2.45, 2.75) is 38.2 Å². The third kappa shape index (κ3) is 6.73. The van der Waals surface area contributed by atoms with Gasteiger partial charge >= 0.3 is 0 Å². The summed E-state index contributed by atoms with van der Waals surface area (Å²) < 4.78 is 39.1. The van der Waals surface area contributed by atoms with Crippen molar-refractivity contribution in [2.24, 2.45) is 0 Å². The summed E-state index contributed by atoms with van der Waals surface area (Å²) in [5, 5.41) is 2.78. The molecule has 0 fully saturated rings. The Labute approximate surface area is 194 Å². The fraction of sp³-hybridized carbons (Fsp3) is 0.240. The smallest absolute Gasteiger partial charge is 0.265 e. The summed E-state index contributed by atoms with van der Waals surface area (Å²) in [4.78, 5) is 12.7. The SMILES string of the molecule is CCOc1ccc(NS(=O)(=O)c2ccc(NC(=O)C(CC)Oc3cccc(C)c3)cc2)cc1. The second kappa shape index (κ2) is 10.9. The summed E-state index contributed by atoms with van der Waals surface area (Å²) in [5.74, 6) is 0.984. The van der Waals surface area contributed by atoms with Crippen LogP contribution in [0.1, 0.15) is 25.8 Å². The molecular formula is C25H28N2O5S. The minimum absolute atomic E-state index is 0.0810. The van der Waals surface area contributed by atoms with E-state index in [-0.39, 0.29) is 10.8 Å². The number of rotatable bonds is 10. The number of aryl methyl sites for hydroxylation is 1. The lowest BCUT2D eigenvalue weighted by Gasteiger charge is -2.18. The first kappa shape index (κ1) is 24.1. The highest BCUT2D eigenvalue weighted by Crippen LogP contribution is 2.21. The molecule has 0 heterocycles. The molecule has 174 valence electrons. The Balaban J connectivity index is 1.64. The van der Waals surface area contributed by atoms with Gasteiger partial charge in [0.25, 0.3) is 15.9 Å². The van der Waals surface area contributed by atoms with Crippen LogP contribution in [-0.2, 0) is 14.8 Å². The monoisotopic (exact) mass is 468 g/mol. The highest BCUT2D eigenvalue weighted by molar-refractivity contribution is 7.92. The largest absolute Gasteiger partial charge is 0.494 e. The Kier molecular flexibility index (Phi) is 7.95. The number of carbonyl (C=O) groups is 1. The molecule has 1 amide bonds. The van der Waals surface area contributed by atoms with Crippen LogP contribution in [0.5, 0.6) is 11.5 Å². The van der Waals surface area contributed by atoms with E-state index in [1.165, 1.54) is 12.1 Å². The number of nitrogens with one attached hydrogen (secondary N) is 2. The number of sulfonamides is 1. The lowest BCUT2D eigenvalue weighted by Crippen LogP contribution is -2.32. The van der Waals surface area contributed by atoms with E-state index in [1.807, 2.05) is 39.0 Å². The molecule has 1 atom stereocenters. The number of benzene rings is 3. The molecule has 2 N–H and O–H groups in total. The van der Waals surface area contributed by atoms with E-state index >= 15 is 0 Å². The zero-order valence-electron chi connectivity index (χ0n) is 18.9. The van der Waals surface area contributed by atoms with E-state index in [0.29, 0.717) is 35.9 Å². The van der Waals surface area contributed by atoms with Gasteiger partial charge in [-0.05, 0) is 86.5 Å². The van der Waals surface area contributed by atoms with Crippen LogP contribution in [0.2, 0.25) is 0 Å². The van der Waals surface area contributed by atoms with Gasteiger partial charge in [-0.25, -0.2) is 8.42 Å². The second-order valence-electron chi connectivity index (χ2n) is 7.41. The van der Waals surface area contributed by atoms with Crippen LogP contribution in [0.3, 0.4) is 0 Å². The highest BCUT2D eigenvalue weighted by Gasteiger charge is 2.19. The van der Waals surface area contributed by atoms with Crippen LogP contribution in [0.4, 0.5) is 11.4 Å². The molecule has 0 saturated carbocycles. The minimum Gasteiger partial charge on any atom is -0.494 e. The molecule has 0 aliphatic carbocycles. The van der Waals surface area contributed by atoms with Gasteiger partial charge < -0.3 is 14.8 Å². The molecule has 8 heteroatoms. The maximum absolute atomic E-state index is 12.7. The van der Waals surface area contributed by atoms with Crippen molar-refractivity contribution in [2.75, 3.05) is 16.6 Å². The number of hydrogen-bond donors (Lipinski definition) is 2. The molecule has 0 radical (unpaired) electrons. The van der Waals surface area contributed by atoms with Crippen LogP contribution in [0.25, 0.3) is 0 Å². The first-order valence-electron chi connectivity index (χ1n) is 10.7. The van der Waals surface area contributed by atoms with Gasteiger partial charge in [-0.1, -0.05) is 19.1 Å². The molecule has 1 unspecified atom stereocenters. The summed E-state index contributed by atoms with van der Waals surface area (Å²) in [6.07, 6.45) is -0.186. The minimum atomic E-state index is -3.78. The quantitative estimate of drug-likeness (QED) is 0.437. The van der Waals surface area contributed by atoms with E-state index in [0.717, 1.165) is 5.56 Å². The fourth-order valence-corrected chi connectivity index (χ4v) is 4.17. The van der Waals surface area contributed by atoms with Gasteiger partial charge in [0.15, 0.2) is 6.10 Å². The molecular weight excluding hydrogens is 440 g/mol. The number of anilines is 2. The van der Waals surface area contributed by atoms with Crippen LogP contribution in [0, 0.1) is 6.92 Å². The van der Waals surface area contributed by atoms with Gasteiger partial charge in [0, 0.05) is 11.4 Å². The van der Waals surface area contributed by atoms with E-state index in [9.17, 15) is 13.2 Å². The van der Waals surface area contributed by atoms with Gasteiger partial charge in [0.1, 0.15) is 11.5 Å². The lowest BCUT2D eigenvalue weighted by molar-refractivity contribution is -0.122. The summed E-state index contributed by atoms with van der Waals surface area (Å²) in [5.41, 5.74) is 1.94. The summed E-state index contributed by atoms with van der Waals surface area (Å²) in [6, 6.07) is 20.1. The molecule has 3 rings (SSSR count). The zero-order valence-corrected chi connectivity index (χ0v) is 19.7. The Morgan fingerprint density at radius 2 is 1.58 bits per heavy atom. The van der Waals surface area contributed by atoms with E-state index in [4.69, 9.17) is 9.47 Å². The predicted molar refractivity (Wildman–Crippen MR) is 129 cm³/mol. The van der Waals surface area contributed by atoms with E-state index in [2.05, 4.69) is 10.0 Å². The molecule has 0 aliphatic rings. The van der Waals surface area contributed by atoms with Crippen LogP contribution in [-0.4, -0.2) is 27.0 Å². The molecule has 0 aliphatic heterocycles. The number of amides is 1. The normalized spacial score (nSPS) is 12.0. The van der Waals surface area contributed by atoms with Crippen molar-refractivity contribution in [1.29, 1.82) is 0 Å². The van der Waals surface area contributed by atoms with Crippen molar-refractivity contribution in [1.82, 2.24) is 0 Å². The summed E-state index contributed by atoms with van der Waals surface area (Å²) in [7, 11) is -3.78. The Morgan fingerprint density at radius 3 is 2.18 bits per heavy atom. The average Bonchev–Trinajstić information content (AvgIpc) is 2.79. The molecule has 7 nitrogen and oxygen atoms in total.